The second-order valence-corrected chi connectivity index (χ2v) is 5.42. The Bertz CT molecular complexity index is 503. The summed E-state index contributed by atoms with van der Waals surface area (Å²) in [5.74, 6) is -1.91. The fourth-order valence-corrected chi connectivity index (χ4v) is 2.23. The van der Waals surface area contributed by atoms with Gasteiger partial charge in [0.1, 0.15) is 0 Å². The summed E-state index contributed by atoms with van der Waals surface area (Å²) < 4.78 is 4.80. The number of hydrogen-bond donors (Lipinski definition) is 3. The Labute approximate surface area is 126 Å². The van der Waals surface area contributed by atoms with Crippen LogP contribution in [0.2, 0.25) is 0 Å². The zero-order valence-corrected chi connectivity index (χ0v) is 12.7. The number of carboxylic acids is 1. The number of thiophene rings is 1. The average molecular weight is 314 g/mol. The summed E-state index contributed by atoms with van der Waals surface area (Å²) in [6.45, 7) is 1.35. The highest BCUT2D eigenvalue weighted by Crippen LogP contribution is 2.06. The van der Waals surface area contributed by atoms with E-state index in [2.05, 4.69) is 10.6 Å². The van der Waals surface area contributed by atoms with Gasteiger partial charge in [-0.2, -0.15) is 11.3 Å². The highest BCUT2D eigenvalue weighted by molar-refractivity contribution is 7.08. The predicted molar refractivity (Wildman–Crippen MR) is 77.3 cm³/mol. The number of carbonyl (C=O) groups is 3. The molecule has 1 heterocycles. The van der Waals surface area contributed by atoms with Gasteiger partial charge in [0.25, 0.3) is 5.91 Å². The molecule has 1 unspecified atom stereocenters. The zero-order valence-electron chi connectivity index (χ0n) is 11.8. The van der Waals surface area contributed by atoms with Gasteiger partial charge < -0.3 is 20.5 Å². The van der Waals surface area contributed by atoms with Gasteiger partial charge in [0.05, 0.1) is 6.61 Å². The maximum absolute atomic E-state index is 11.7. The summed E-state index contributed by atoms with van der Waals surface area (Å²) in [7, 11) is 1.36. The minimum Gasteiger partial charge on any atom is -0.479 e. The van der Waals surface area contributed by atoms with Crippen molar-refractivity contribution in [3.05, 3.63) is 22.4 Å². The maximum Gasteiger partial charge on any atom is 0.331 e. The molecule has 8 heteroatoms. The van der Waals surface area contributed by atoms with Gasteiger partial charge in [-0.25, -0.2) is 4.79 Å². The van der Waals surface area contributed by atoms with Crippen LogP contribution < -0.4 is 10.6 Å². The van der Waals surface area contributed by atoms with Gasteiger partial charge in [0.2, 0.25) is 5.91 Å². The number of aliphatic carboxylic acids is 1. The Morgan fingerprint density at radius 1 is 1.43 bits per heavy atom. The van der Waals surface area contributed by atoms with E-state index < -0.39 is 17.4 Å². The first kappa shape index (κ1) is 17.1. The summed E-state index contributed by atoms with van der Waals surface area (Å²) in [4.78, 5) is 34.5. The van der Waals surface area contributed by atoms with Gasteiger partial charge in [-0.05, 0) is 18.4 Å². The Morgan fingerprint density at radius 2 is 2.14 bits per heavy atom. The number of nitrogens with one attached hydrogen (secondary N) is 2. The molecule has 1 atom stereocenters. The lowest BCUT2D eigenvalue weighted by Gasteiger charge is -2.25. The number of rotatable bonds is 8. The smallest absolute Gasteiger partial charge is 0.331 e. The second-order valence-electron chi connectivity index (χ2n) is 4.64. The molecule has 0 aromatic carbocycles. The number of methoxy groups -OCH3 is 1. The Balaban J connectivity index is 2.40. The molecular formula is C13H18N2O5S. The van der Waals surface area contributed by atoms with Crippen LogP contribution in [0.3, 0.4) is 0 Å². The van der Waals surface area contributed by atoms with Crippen LogP contribution in [0.1, 0.15) is 23.7 Å². The van der Waals surface area contributed by atoms with Crippen molar-refractivity contribution in [2.45, 2.75) is 18.9 Å². The van der Waals surface area contributed by atoms with Crippen LogP contribution in [0.25, 0.3) is 0 Å². The van der Waals surface area contributed by atoms with Crippen molar-refractivity contribution >= 4 is 29.1 Å². The summed E-state index contributed by atoms with van der Waals surface area (Å²) in [6.07, 6.45) is -0.0114. The number of hydrogen-bond acceptors (Lipinski definition) is 5. The standard InChI is InChI=1S/C13H18N2O5S/c1-13(8-20-2,12(18)19)15-10(16)3-5-14-11(17)9-4-6-21-7-9/h4,6-7H,3,5,8H2,1-2H3,(H,14,17)(H,15,16)(H,18,19). The van der Waals surface area contributed by atoms with E-state index in [0.717, 1.165) is 0 Å². The molecule has 7 nitrogen and oxygen atoms in total. The fourth-order valence-electron chi connectivity index (χ4n) is 1.60. The van der Waals surface area contributed by atoms with Crippen molar-refractivity contribution in [2.24, 2.45) is 0 Å². The number of carboxylic acid groups (broad SMARTS) is 1. The number of ether oxygens (including phenoxy) is 1. The van der Waals surface area contributed by atoms with Crippen molar-refractivity contribution in [3.8, 4) is 0 Å². The van der Waals surface area contributed by atoms with Gasteiger partial charge in [0.15, 0.2) is 5.54 Å². The first-order valence-corrected chi connectivity index (χ1v) is 7.17. The first-order chi connectivity index (χ1) is 9.89. The molecule has 0 aliphatic carbocycles. The second kappa shape index (κ2) is 7.75. The largest absolute Gasteiger partial charge is 0.479 e. The van der Waals surface area contributed by atoms with Crippen molar-refractivity contribution in [3.63, 3.8) is 0 Å². The third-order valence-electron chi connectivity index (χ3n) is 2.74. The molecular weight excluding hydrogens is 296 g/mol. The van der Waals surface area contributed by atoms with Crippen molar-refractivity contribution in [1.29, 1.82) is 0 Å². The van der Waals surface area contributed by atoms with E-state index in [-0.39, 0.29) is 25.5 Å². The molecule has 1 rings (SSSR count). The molecule has 0 aliphatic rings. The Kier molecular flexibility index (Phi) is 6.32. The van der Waals surface area contributed by atoms with Crippen LogP contribution in [0, 0.1) is 0 Å². The minimum absolute atomic E-state index is 0.0114. The topological polar surface area (TPSA) is 105 Å². The van der Waals surface area contributed by atoms with Gasteiger partial charge >= 0.3 is 5.97 Å². The van der Waals surface area contributed by atoms with Crippen LogP contribution in [0.5, 0.6) is 0 Å². The third-order valence-corrected chi connectivity index (χ3v) is 3.42. The maximum atomic E-state index is 11.7. The highest BCUT2D eigenvalue weighted by atomic mass is 32.1. The predicted octanol–water partition coefficient (Wildman–Crippen LogP) is 0.474. The quantitative estimate of drug-likeness (QED) is 0.647. The molecule has 0 radical (unpaired) electrons. The molecule has 2 amide bonds. The molecule has 0 aliphatic heterocycles. The molecule has 1 aromatic rings. The molecule has 0 spiro atoms. The molecule has 1 aromatic heterocycles. The van der Waals surface area contributed by atoms with E-state index >= 15 is 0 Å². The molecule has 0 bridgehead atoms. The normalized spacial score (nSPS) is 13.2. The van der Waals surface area contributed by atoms with E-state index in [9.17, 15) is 14.4 Å². The minimum atomic E-state index is -1.48. The monoisotopic (exact) mass is 314 g/mol. The summed E-state index contributed by atoms with van der Waals surface area (Å²) in [5.41, 5.74) is -0.946. The number of carbonyl (C=O) groups excluding carboxylic acids is 2. The fraction of sp³-hybridized carbons (Fsp3) is 0.462. The lowest BCUT2D eigenvalue weighted by molar-refractivity contribution is -0.149. The van der Waals surface area contributed by atoms with Crippen LogP contribution in [-0.4, -0.2) is 48.7 Å². The summed E-state index contributed by atoms with van der Waals surface area (Å²) in [6, 6.07) is 1.68. The highest BCUT2D eigenvalue weighted by Gasteiger charge is 2.34. The number of amides is 2. The molecule has 0 saturated carbocycles. The molecule has 0 saturated heterocycles. The van der Waals surface area contributed by atoms with Crippen molar-refractivity contribution < 1.29 is 24.2 Å². The van der Waals surface area contributed by atoms with E-state index in [1.807, 2.05) is 0 Å². The van der Waals surface area contributed by atoms with Gasteiger partial charge in [0, 0.05) is 31.0 Å². The van der Waals surface area contributed by atoms with Gasteiger partial charge in [-0.1, -0.05) is 0 Å². The van der Waals surface area contributed by atoms with Crippen molar-refractivity contribution in [1.82, 2.24) is 10.6 Å². The van der Waals surface area contributed by atoms with Crippen molar-refractivity contribution in [2.75, 3.05) is 20.3 Å². The zero-order chi connectivity index (χ0) is 15.9. The Hall–Kier alpha value is -1.93. The van der Waals surface area contributed by atoms with E-state index in [0.29, 0.717) is 5.56 Å². The SMILES string of the molecule is COCC(C)(NC(=O)CCNC(=O)c1ccsc1)C(=O)O. The molecule has 3 N–H and O–H groups in total. The average Bonchev–Trinajstić information content (AvgIpc) is 2.92. The van der Waals surface area contributed by atoms with Crippen LogP contribution >= 0.6 is 11.3 Å². The summed E-state index contributed by atoms with van der Waals surface area (Å²) >= 11 is 1.40. The van der Waals surface area contributed by atoms with Gasteiger partial charge in [-0.3, -0.25) is 9.59 Å². The summed E-state index contributed by atoms with van der Waals surface area (Å²) in [5, 5.41) is 17.6. The molecule has 21 heavy (non-hydrogen) atoms. The Morgan fingerprint density at radius 3 is 2.67 bits per heavy atom. The third kappa shape index (κ3) is 5.16. The molecule has 0 fully saturated rings. The van der Waals surface area contributed by atoms with Crippen LogP contribution in [-0.2, 0) is 14.3 Å². The van der Waals surface area contributed by atoms with Crippen LogP contribution in [0.4, 0.5) is 0 Å². The van der Waals surface area contributed by atoms with E-state index in [4.69, 9.17) is 9.84 Å². The lowest BCUT2D eigenvalue weighted by Crippen LogP contribution is -2.55. The van der Waals surface area contributed by atoms with Gasteiger partial charge in [-0.15, -0.1) is 0 Å². The molecule has 116 valence electrons. The van der Waals surface area contributed by atoms with E-state index in [1.54, 1.807) is 16.8 Å². The lowest BCUT2D eigenvalue weighted by atomic mass is 10.0. The first-order valence-electron chi connectivity index (χ1n) is 6.23. The van der Waals surface area contributed by atoms with E-state index in [1.165, 1.54) is 25.4 Å². The van der Waals surface area contributed by atoms with Crippen LogP contribution in [0.15, 0.2) is 16.8 Å².